The molecular formula is C14H19ClN6S. The number of nitrogens with one attached hydrogen (secondary N) is 1. The normalized spacial score (nSPS) is 16.4. The van der Waals surface area contributed by atoms with E-state index >= 15 is 0 Å². The van der Waals surface area contributed by atoms with Gasteiger partial charge in [-0.3, -0.25) is 0 Å². The van der Waals surface area contributed by atoms with E-state index in [9.17, 15) is 0 Å². The minimum Gasteiger partial charge on any atom is -0.317 e. The van der Waals surface area contributed by atoms with E-state index in [1.807, 2.05) is 0 Å². The summed E-state index contributed by atoms with van der Waals surface area (Å²) >= 11 is 7.59. The van der Waals surface area contributed by atoms with E-state index in [1.165, 1.54) is 18.1 Å². The van der Waals surface area contributed by atoms with Crippen LogP contribution in [-0.4, -0.2) is 37.8 Å². The lowest BCUT2D eigenvalue weighted by molar-refractivity contribution is 0.412. The van der Waals surface area contributed by atoms with Gasteiger partial charge in [-0.2, -0.15) is 0 Å². The van der Waals surface area contributed by atoms with E-state index in [4.69, 9.17) is 11.6 Å². The molecule has 0 aromatic carbocycles. The van der Waals surface area contributed by atoms with Crippen molar-refractivity contribution in [1.82, 2.24) is 30.0 Å². The molecule has 0 bridgehead atoms. The first-order chi connectivity index (χ1) is 10.7. The first-order valence-corrected chi connectivity index (χ1v) is 8.65. The number of nitrogens with zero attached hydrogens (tertiary/aromatic N) is 5. The molecule has 0 aliphatic carbocycles. The molecule has 22 heavy (non-hydrogen) atoms. The lowest BCUT2D eigenvalue weighted by Crippen LogP contribution is -2.28. The van der Waals surface area contributed by atoms with Gasteiger partial charge >= 0.3 is 0 Å². The van der Waals surface area contributed by atoms with E-state index in [0.29, 0.717) is 22.0 Å². The van der Waals surface area contributed by atoms with Gasteiger partial charge in [0.2, 0.25) is 0 Å². The van der Waals surface area contributed by atoms with Crippen LogP contribution in [0.25, 0.3) is 0 Å². The Morgan fingerprint density at radius 1 is 1.32 bits per heavy atom. The van der Waals surface area contributed by atoms with Crippen molar-refractivity contribution in [1.29, 1.82) is 0 Å². The molecular weight excluding hydrogens is 320 g/mol. The van der Waals surface area contributed by atoms with E-state index in [2.05, 4.69) is 43.9 Å². The number of hydrogen-bond acceptors (Lipinski definition) is 6. The molecule has 1 aliphatic heterocycles. The van der Waals surface area contributed by atoms with Crippen molar-refractivity contribution in [2.75, 3.05) is 13.1 Å². The summed E-state index contributed by atoms with van der Waals surface area (Å²) in [4.78, 5) is 8.14. The van der Waals surface area contributed by atoms with Gasteiger partial charge in [0.05, 0.1) is 11.2 Å². The number of rotatable bonds is 4. The van der Waals surface area contributed by atoms with Crippen LogP contribution in [0.2, 0.25) is 5.02 Å². The van der Waals surface area contributed by atoms with Gasteiger partial charge < -0.3 is 9.88 Å². The fraction of sp³-hybridized carbons (Fsp3) is 0.571. The molecule has 1 N–H and O–H groups in total. The summed E-state index contributed by atoms with van der Waals surface area (Å²) < 4.78 is 2.21. The highest BCUT2D eigenvalue weighted by Gasteiger charge is 2.25. The van der Waals surface area contributed by atoms with E-state index in [0.717, 1.165) is 36.9 Å². The molecule has 118 valence electrons. The average Bonchev–Trinajstić information content (AvgIpc) is 2.94. The number of piperidine rings is 1. The lowest BCUT2D eigenvalue weighted by atomic mass is 9.97. The van der Waals surface area contributed by atoms with Gasteiger partial charge in [0.25, 0.3) is 0 Å². The van der Waals surface area contributed by atoms with Crippen LogP contribution in [0.1, 0.15) is 44.5 Å². The maximum Gasteiger partial charge on any atom is 0.197 e. The SMILES string of the molecule is CC(C)n1c(Sc2ncncc2Cl)nnc1C1CCNCC1. The predicted octanol–water partition coefficient (Wildman–Crippen LogP) is 2.92. The minimum atomic E-state index is 0.294. The van der Waals surface area contributed by atoms with Crippen LogP contribution in [0.3, 0.4) is 0 Å². The second kappa shape index (κ2) is 6.93. The van der Waals surface area contributed by atoms with Crippen molar-refractivity contribution in [3.05, 3.63) is 23.4 Å². The fourth-order valence-corrected chi connectivity index (χ4v) is 3.79. The minimum absolute atomic E-state index is 0.294. The van der Waals surface area contributed by atoms with Crippen molar-refractivity contribution in [2.24, 2.45) is 0 Å². The molecule has 1 aliphatic rings. The molecule has 3 heterocycles. The molecule has 1 fully saturated rings. The number of aromatic nitrogens is 5. The standard InChI is InChI=1S/C14H19ClN6S/c1-9(2)21-12(10-3-5-16-6-4-10)19-20-14(21)22-13-11(15)7-17-8-18-13/h7-10,16H,3-6H2,1-2H3. The second-order valence-electron chi connectivity index (χ2n) is 5.61. The Morgan fingerprint density at radius 3 is 2.77 bits per heavy atom. The van der Waals surface area contributed by atoms with Crippen LogP contribution in [-0.2, 0) is 0 Å². The summed E-state index contributed by atoms with van der Waals surface area (Å²) in [5.41, 5.74) is 0. The molecule has 0 amide bonds. The Balaban J connectivity index is 1.91. The number of hydrogen-bond donors (Lipinski definition) is 1. The Bertz CT molecular complexity index is 638. The zero-order chi connectivity index (χ0) is 15.5. The first-order valence-electron chi connectivity index (χ1n) is 7.45. The van der Waals surface area contributed by atoms with Crippen LogP contribution in [0, 0.1) is 0 Å². The molecule has 6 nitrogen and oxygen atoms in total. The second-order valence-corrected chi connectivity index (χ2v) is 6.97. The molecule has 0 saturated carbocycles. The fourth-order valence-electron chi connectivity index (χ4n) is 2.66. The molecule has 0 atom stereocenters. The highest BCUT2D eigenvalue weighted by molar-refractivity contribution is 7.99. The van der Waals surface area contributed by atoms with Crippen molar-refractivity contribution >= 4 is 23.4 Å². The summed E-state index contributed by atoms with van der Waals surface area (Å²) in [5, 5.41) is 14.3. The Hall–Kier alpha value is -1.18. The zero-order valence-corrected chi connectivity index (χ0v) is 14.2. The van der Waals surface area contributed by atoms with Crippen LogP contribution < -0.4 is 5.32 Å². The van der Waals surface area contributed by atoms with E-state index < -0.39 is 0 Å². The quantitative estimate of drug-likeness (QED) is 0.864. The van der Waals surface area contributed by atoms with E-state index in [1.54, 1.807) is 6.20 Å². The van der Waals surface area contributed by atoms with Crippen molar-refractivity contribution in [3.8, 4) is 0 Å². The van der Waals surface area contributed by atoms with Gasteiger partial charge in [-0.1, -0.05) is 11.6 Å². The highest BCUT2D eigenvalue weighted by atomic mass is 35.5. The van der Waals surface area contributed by atoms with Gasteiger partial charge in [0.15, 0.2) is 5.16 Å². The summed E-state index contributed by atoms with van der Waals surface area (Å²) in [6, 6.07) is 0.294. The molecule has 8 heteroatoms. The molecule has 2 aromatic rings. The summed E-state index contributed by atoms with van der Waals surface area (Å²) in [5.74, 6) is 1.54. The van der Waals surface area contributed by atoms with Crippen LogP contribution >= 0.6 is 23.4 Å². The summed E-state index contributed by atoms with van der Waals surface area (Å²) in [6.45, 7) is 6.38. The number of halogens is 1. The zero-order valence-electron chi connectivity index (χ0n) is 12.7. The van der Waals surface area contributed by atoms with Crippen molar-refractivity contribution in [2.45, 2.75) is 48.8 Å². The summed E-state index contributed by atoms with van der Waals surface area (Å²) in [7, 11) is 0. The maximum atomic E-state index is 6.15. The molecule has 0 radical (unpaired) electrons. The average molecular weight is 339 g/mol. The van der Waals surface area contributed by atoms with Gasteiger partial charge in [0, 0.05) is 12.0 Å². The first kappa shape index (κ1) is 15.7. The lowest BCUT2D eigenvalue weighted by Gasteiger charge is -2.24. The highest BCUT2D eigenvalue weighted by Crippen LogP contribution is 2.34. The van der Waals surface area contributed by atoms with Crippen LogP contribution in [0.4, 0.5) is 0 Å². The third kappa shape index (κ3) is 3.26. The monoisotopic (exact) mass is 338 g/mol. The molecule has 0 spiro atoms. The Kier molecular flexibility index (Phi) is 4.95. The third-order valence-electron chi connectivity index (χ3n) is 3.73. The Labute approximate surface area is 139 Å². The third-order valence-corrected chi connectivity index (χ3v) is 5.10. The van der Waals surface area contributed by atoms with Gasteiger partial charge in [-0.15, -0.1) is 10.2 Å². The molecule has 2 aromatic heterocycles. The van der Waals surface area contributed by atoms with Gasteiger partial charge in [-0.05, 0) is 51.5 Å². The Morgan fingerprint density at radius 2 is 2.09 bits per heavy atom. The molecule has 0 unspecified atom stereocenters. The van der Waals surface area contributed by atoms with Gasteiger partial charge in [-0.25, -0.2) is 9.97 Å². The smallest absolute Gasteiger partial charge is 0.197 e. The molecule has 1 saturated heterocycles. The summed E-state index contributed by atoms with van der Waals surface area (Å²) in [6.07, 6.45) is 5.30. The van der Waals surface area contributed by atoms with Crippen molar-refractivity contribution < 1.29 is 0 Å². The largest absolute Gasteiger partial charge is 0.317 e. The van der Waals surface area contributed by atoms with Crippen molar-refractivity contribution in [3.63, 3.8) is 0 Å². The maximum absolute atomic E-state index is 6.15. The predicted molar refractivity (Wildman–Crippen MR) is 86.4 cm³/mol. The topological polar surface area (TPSA) is 68.5 Å². The van der Waals surface area contributed by atoms with Gasteiger partial charge in [0.1, 0.15) is 17.2 Å². The molecule has 3 rings (SSSR count). The van der Waals surface area contributed by atoms with Crippen LogP contribution in [0.5, 0.6) is 0 Å². The van der Waals surface area contributed by atoms with E-state index in [-0.39, 0.29) is 0 Å². The van der Waals surface area contributed by atoms with Crippen LogP contribution in [0.15, 0.2) is 22.7 Å².